The first kappa shape index (κ1) is 13.0. The van der Waals surface area contributed by atoms with Crippen molar-refractivity contribution >= 4 is 23.4 Å². The Morgan fingerprint density at radius 3 is 2.47 bits per heavy atom. The van der Waals surface area contributed by atoms with Gasteiger partial charge in [-0.15, -0.1) is 0 Å². The van der Waals surface area contributed by atoms with Crippen LogP contribution in [0.15, 0.2) is 12.1 Å². The molecule has 1 aliphatic heterocycles. The highest BCUT2D eigenvalue weighted by Gasteiger charge is 2.29. The second kappa shape index (κ2) is 4.68. The lowest BCUT2D eigenvalue weighted by Crippen LogP contribution is -2.53. The third kappa shape index (κ3) is 2.54. The molecular weight excluding hydrogens is 253 g/mol. The molecule has 1 aromatic carbocycles. The summed E-state index contributed by atoms with van der Waals surface area (Å²) in [6.07, 6.45) is 0. The van der Waals surface area contributed by atoms with Gasteiger partial charge in [0.25, 0.3) is 5.91 Å². The molecule has 0 aromatic heterocycles. The molecule has 0 unspecified atom stereocenters. The summed E-state index contributed by atoms with van der Waals surface area (Å²) in [5.41, 5.74) is 5.81. The first-order valence-electron chi connectivity index (χ1n) is 5.56. The van der Waals surface area contributed by atoms with Crippen molar-refractivity contribution in [3.63, 3.8) is 0 Å². The van der Waals surface area contributed by atoms with Crippen LogP contribution in [0.5, 0.6) is 0 Å². The van der Waals surface area contributed by atoms with Gasteiger partial charge in [-0.3, -0.25) is 19.7 Å². The normalized spacial score (nSPS) is 15.4. The summed E-state index contributed by atoms with van der Waals surface area (Å²) >= 11 is 0. The molecule has 6 nitrogen and oxygen atoms in total. The molecule has 0 spiro atoms. The Bertz CT molecular complexity index is 570. The van der Waals surface area contributed by atoms with Crippen molar-refractivity contribution in [3.8, 4) is 0 Å². The third-order valence-electron chi connectivity index (χ3n) is 2.74. The summed E-state index contributed by atoms with van der Waals surface area (Å²) in [4.78, 5) is 35.5. The Morgan fingerprint density at radius 2 is 1.89 bits per heavy atom. The van der Waals surface area contributed by atoms with E-state index in [1.807, 2.05) is 0 Å². The molecule has 19 heavy (non-hydrogen) atoms. The minimum absolute atomic E-state index is 0.233. The number of halogens is 1. The molecule has 0 bridgehead atoms. The predicted octanol–water partition coefficient (Wildman–Crippen LogP) is -0.185. The number of aryl methyl sites for hydroxylation is 1. The molecule has 2 rings (SSSR count). The lowest BCUT2D eigenvalue weighted by atomic mass is 10.1. The van der Waals surface area contributed by atoms with Crippen molar-refractivity contribution in [2.45, 2.75) is 6.92 Å². The number of nitrogen functional groups attached to an aromatic ring is 1. The van der Waals surface area contributed by atoms with Crippen LogP contribution < -0.4 is 11.1 Å². The molecule has 100 valence electrons. The van der Waals surface area contributed by atoms with Crippen molar-refractivity contribution in [3.05, 3.63) is 29.1 Å². The van der Waals surface area contributed by atoms with Crippen LogP contribution in [0.3, 0.4) is 0 Å². The molecule has 1 aromatic rings. The van der Waals surface area contributed by atoms with Gasteiger partial charge in [-0.2, -0.15) is 0 Å². The molecule has 3 amide bonds. The van der Waals surface area contributed by atoms with E-state index in [1.54, 1.807) is 0 Å². The van der Waals surface area contributed by atoms with E-state index in [9.17, 15) is 18.8 Å². The topological polar surface area (TPSA) is 92.5 Å². The molecule has 1 heterocycles. The van der Waals surface area contributed by atoms with Gasteiger partial charge < -0.3 is 10.6 Å². The number of carbonyl (C=O) groups excluding carboxylic acids is 3. The van der Waals surface area contributed by atoms with Gasteiger partial charge in [0.15, 0.2) is 0 Å². The average molecular weight is 265 g/mol. The van der Waals surface area contributed by atoms with E-state index in [0.717, 1.165) is 4.90 Å². The Labute approximate surface area is 108 Å². The highest BCUT2D eigenvalue weighted by atomic mass is 19.1. The zero-order chi connectivity index (χ0) is 14.2. The van der Waals surface area contributed by atoms with Crippen molar-refractivity contribution < 1.29 is 18.8 Å². The van der Waals surface area contributed by atoms with E-state index in [-0.39, 0.29) is 29.9 Å². The molecule has 1 saturated heterocycles. The van der Waals surface area contributed by atoms with E-state index in [0.29, 0.717) is 0 Å². The Kier molecular flexibility index (Phi) is 3.20. The Hall–Kier alpha value is -2.44. The number of nitrogens with two attached hydrogens (primary N) is 1. The number of carbonyl (C=O) groups is 3. The maximum atomic E-state index is 13.9. The molecule has 3 N–H and O–H groups in total. The molecular formula is C12H12FN3O3. The smallest absolute Gasteiger partial charge is 0.257 e. The van der Waals surface area contributed by atoms with Crippen molar-refractivity contribution in [1.29, 1.82) is 0 Å². The second-order valence-corrected chi connectivity index (χ2v) is 4.33. The first-order chi connectivity index (χ1) is 8.88. The number of hydrogen-bond donors (Lipinski definition) is 2. The Morgan fingerprint density at radius 1 is 1.32 bits per heavy atom. The zero-order valence-corrected chi connectivity index (χ0v) is 10.2. The quantitative estimate of drug-likeness (QED) is 0.544. The third-order valence-corrected chi connectivity index (χ3v) is 2.74. The highest BCUT2D eigenvalue weighted by Crippen LogP contribution is 2.19. The highest BCUT2D eigenvalue weighted by molar-refractivity contribution is 6.06. The minimum atomic E-state index is -0.726. The standard InChI is InChI=1S/C12H12FN3O3/c1-6-2-7(14)3-8(11(6)13)12(19)16-4-9(17)15-10(18)5-16/h2-3H,4-5,14H2,1H3,(H,15,17,18). The number of amides is 3. The van der Waals surface area contributed by atoms with E-state index < -0.39 is 23.5 Å². The van der Waals surface area contributed by atoms with E-state index >= 15 is 0 Å². The number of imide groups is 1. The van der Waals surface area contributed by atoms with Crippen LogP contribution in [0.2, 0.25) is 0 Å². The van der Waals surface area contributed by atoms with Gasteiger partial charge in [-0.05, 0) is 24.6 Å². The summed E-state index contributed by atoms with van der Waals surface area (Å²) in [7, 11) is 0. The van der Waals surface area contributed by atoms with Gasteiger partial charge in [-0.25, -0.2) is 4.39 Å². The van der Waals surface area contributed by atoms with Crippen LogP contribution in [0.1, 0.15) is 15.9 Å². The summed E-state index contributed by atoms with van der Waals surface area (Å²) in [5, 5.41) is 2.06. The van der Waals surface area contributed by atoms with Crippen LogP contribution >= 0.6 is 0 Å². The number of piperazine rings is 1. The van der Waals surface area contributed by atoms with Gasteiger partial charge in [0, 0.05) is 5.69 Å². The average Bonchev–Trinajstić information content (AvgIpc) is 2.31. The van der Waals surface area contributed by atoms with Gasteiger partial charge >= 0.3 is 0 Å². The number of nitrogens with zero attached hydrogens (tertiary/aromatic N) is 1. The van der Waals surface area contributed by atoms with Gasteiger partial charge in [0.1, 0.15) is 18.9 Å². The molecule has 0 atom stereocenters. The SMILES string of the molecule is Cc1cc(N)cc(C(=O)N2CC(=O)NC(=O)C2)c1F. The summed E-state index contributed by atoms with van der Waals surface area (Å²) in [5.74, 6) is -2.61. The van der Waals surface area contributed by atoms with Crippen LogP contribution in [0.4, 0.5) is 10.1 Å². The monoisotopic (exact) mass is 265 g/mol. The lowest BCUT2D eigenvalue weighted by molar-refractivity contribution is -0.135. The van der Waals surface area contributed by atoms with E-state index in [4.69, 9.17) is 5.73 Å². The summed E-state index contributed by atoms with van der Waals surface area (Å²) < 4.78 is 13.9. The molecule has 0 aliphatic carbocycles. The van der Waals surface area contributed by atoms with Crippen molar-refractivity contribution in [2.75, 3.05) is 18.8 Å². The number of hydrogen-bond acceptors (Lipinski definition) is 4. The zero-order valence-electron chi connectivity index (χ0n) is 10.2. The van der Waals surface area contributed by atoms with Gasteiger partial charge in [0.2, 0.25) is 11.8 Å². The summed E-state index contributed by atoms with van der Waals surface area (Å²) in [6.45, 7) is 0.923. The van der Waals surface area contributed by atoms with Gasteiger partial charge in [0.05, 0.1) is 5.56 Å². The molecule has 1 aliphatic rings. The van der Waals surface area contributed by atoms with Crippen LogP contribution in [0.25, 0.3) is 0 Å². The number of rotatable bonds is 1. The minimum Gasteiger partial charge on any atom is -0.399 e. The Balaban J connectivity index is 2.34. The predicted molar refractivity (Wildman–Crippen MR) is 64.6 cm³/mol. The lowest BCUT2D eigenvalue weighted by Gasteiger charge is -2.25. The second-order valence-electron chi connectivity index (χ2n) is 4.33. The van der Waals surface area contributed by atoms with Gasteiger partial charge in [-0.1, -0.05) is 0 Å². The molecule has 1 fully saturated rings. The number of anilines is 1. The summed E-state index contributed by atoms with van der Waals surface area (Å²) in [6, 6.07) is 2.60. The van der Waals surface area contributed by atoms with E-state index in [1.165, 1.54) is 19.1 Å². The van der Waals surface area contributed by atoms with Crippen molar-refractivity contribution in [1.82, 2.24) is 10.2 Å². The molecule has 7 heteroatoms. The maximum Gasteiger partial charge on any atom is 0.257 e. The first-order valence-corrected chi connectivity index (χ1v) is 5.56. The fourth-order valence-corrected chi connectivity index (χ4v) is 1.90. The fraction of sp³-hybridized carbons (Fsp3) is 0.250. The van der Waals surface area contributed by atoms with Crippen LogP contribution in [-0.4, -0.2) is 35.7 Å². The largest absolute Gasteiger partial charge is 0.399 e. The molecule has 0 saturated carbocycles. The number of benzene rings is 1. The van der Waals surface area contributed by atoms with Crippen molar-refractivity contribution in [2.24, 2.45) is 0 Å². The van der Waals surface area contributed by atoms with E-state index in [2.05, 4.69) is 5.32 Å². The number of nitrogens with one attached hydrogen (secondary N) is 1. The fourth-order valence-electron chi connectivity index (χ4n) is 1.90. The van der Waals surface area contributed by atoms with Crippen LogP contribution in [-0.2, 0) is 9.59 Å². The maximum absolute atomic E-state index is 13.9. The van der Waals surface area contributed by atoms with Crippen LogP contribution in [0, 0.1) is 12.7 Å². The molecule has 0 radical (unpaired) electrons.